The van der Waals surface area contributed by atoms with Gasteiger partial charge in [-0.05, 0) is 39.8 Å². The lowest BCUT2D eigenvalue weighted by Crippen LogP contribution is -2.44. The minimum atomic E-state index is -0.670. The van der Waals surface area contributed by atoms with E-state index in [1.165, 1.54) is 11.3 Å². The predicted octanol–water partition coefficient (Wildman–Crippen LogP) is 2.82. The largest absolute Gasteiger partial charge is 0.373 e. The molecule has 1 aliphatic heterocycles. The summed E-state index contributed by atoms with van der Waals surface area (Å²) >= 11 is 1.39. The summed E-state index contributed by atoms with van der Waals surface area (Å²) in [5.74, 6) is -0.563. The van der Waals surface area contributed by atoms with Crippen LogP contribution in [0.2, 0.25) is 0 Å². The van der Waals surface area contributed by atoms with Gasteiger partial charge in [0.25, 0.3) is 5.91 Å². The maximum absolute atomic E-state index is 12.4. The van der Waals surface area contributed by atoms with E-state index in [1.807, 2.05) is 24.4 Å². The Balaban J connectivity index is 1.52. The molecule has 2 aromatic rings. The van der Waals surface area contributed by atoms with Gasteiger partial charge in [0, 0.05) is 30.6 Å². The van der Waals surface area contributed by atoms with Gasteiger partial charge < -0.3 is 15.4 Å². The third kappa shape index (κ3) is 6.09. The molecular weight excluding hydrogens is 388 g/mol. The van der Waals surface area contributed by atoms with Crippen LogP contribution in [0.4, 0.5) is 5.13 Å². The van der Waals surface area contributed by atoms with Gasteiger partial charge in [-0.25, -0.2) is 4.98 Å². The molecule has 1 aromatic carbocycles. The molecule has 0 spiro atoms. The fourth-order valence-electron chi connectivity index (χ4n) is 3.43. The second-order valence-electron chi connectivity index (χ2n) is 7.65. The van der Waals surface area contributed by atoms with Crippen LogP contribution in [-0.2, 0) is 16.1 Å². The summed E-state index contributed by atoms with van der Waals surface area (Å²) in [4.78, 5) is 31.6. The van der Waals surface area contributed by atoms with E-state index in [9.17, 15) is 9.59 Å². The highest BCUT2D eigenvalue weighted by Crippen LogP contribution is 2.19. The third-order valence-electron chi connectivity index (χ3n) is 4.68. The number of nitrogens with one attached hydrogen (secondary N) is 2. The Morgan fingerprint density at radius 3 is 2.72 bits per heavy atom. The number of rotatable bonds is 6. The minimum absolute atomic E-state index is 0.203. The fourth-order valence-corrected chi connectivity index (χ4v) is 4.13. The Hall–Kier alpha value is -2.29. The lowest BCUT2D eigenvalue weighted by Gasteiger charge is -2.34. The Kier molecular flexibility index (Phi) is 7.00. The predicted molar refractivity (Wildman–Crippen MR) is 114 cm³/mol. The number of morpholine rings is 1. The summed E-state index contributed by atoms with van der Waals surface area (Å²) in [7, 11) is 0. The van der Waals surface area contributed by atoms with Crippen LogP contribution in [0.15, 0.2) is 29.6 Å². The summed E-state index contributed by atoms with van der Waals surface area (Å²) < 4.78 is 5.76. The van der Waals surface area contributed by atoms with Gasteiger partial charge in [0.05, 0.1) is 17.9 Å². The second kappa shape index (κ2) is 9.47. The Morgan fingerprint density at radius 1 is 1.31 bits per heavy atom. The molecule has 0 aliphatic carbocycles. The molecule has 3 rings (SSSR count). The minimum Gasteiger partial charge on any atom is -0.373 e. The summed E-state index contributed by atoms with van der Waals surface area (Å²) in [6, 6.07) is 6.59. The number of aryl methyl sites for hydroxylation is 1. The van der Waals surface area contributed by atoms with Crippen LogP contribution >= 0.6 is 11.3 Å². The van der Waals surface area contributed by atoms with Gasteiger partial charge in [0.1, 0.15) is 6.04 Å². The highest BCUT2D eigenvalue weighted by atomic mass is 32.1. The van der Waals surface area contributed by atoms with Gasteiger partial charge in [-0.3, -0.25) is 14.5 Å². The topological polar surface area (TPSA) is 83.6 Å². The van der Waals surface area contributed by atoms with Crippen molar-refractivity contribution in [1.82, 2.24) is 15.2 Å². The summed E-state index contributed by atoms with van der Waals surface area (Å²) in [5, 5.41) is 8.02. The smallest absolute Gasteiger partial charge is 0.251 e. The molecule has 1 saturated heterocycles. The number of anilines is 1. The maximum atomic E-state index is 12.4. The Bertz CT molecular complexity index is 859. The monoisotopic (exact) mass is 416 g/mol. The summed E-state index contributed by atoms with van der Waals surface area (Å²) in [6.07, 6.45) is 0.406. The van der Waals surface area contributed by atoms with Crippen molar-refractivity contribution in [3.05, 3.63) is 46.5 Å². The van der Waals surface area contributed by atoms with E-state index in [1.54, 1.807) is 19.1 Å². The number of nitrogens with zero attached hydrogens (tertiary/aromatic N) is 2. The number of hydrogen-bond donors (Lipinski definition) is 2. The van der Waals surface area contributed by atoms with Crippen LogP contribution < -0.4 is 10.6 Å². The SMILES string of the molecule is Cc1cccc(C(=O)NC(C)C(=O)Nc2nc(CN3CC(C)OC(C)C3)cs2)c1. The van der Waals surface area contributed by atoms with E-state index >= 15 is 0 Å². The Labute approximate surface area is 175 Å². The number of carbonyl (C=O) groups is 2. The van der Waals surface area contributed by atoms with E-state index in [-0.39, 0.29) is 24.0 Å². The zero-order valence-corrected chi connectivity index (χ0v) is 18.1. The molecule has 2 N–H and O–H groups in total. The van der Waals surface area contributed by atoms with Crippen molar-refractivity contribution in [3.8, 4) is 0 Å². The molecule has 1 aromatic heterocycles. The van der Waals surface area contributed by atoms with Gasteiger partial charge >= 0.3 is 0 Å². The van der Waals surface area contributed by atoms with Gasteiger partial charge in [-0.15, -0.1) is 11.3 Å². The van der Waals surface area contributed by atoms with Crippen LogP contribution in [0.3, 0.4) is 0 Å². The number of amides is 2. The number of aromatic nitrogens is 1. The van der Waals surface area contributed by atoms with Crippen LogP contribution in [0.1, 0.15) is 42.4 Å². The van der Waals surface area contributed by atoms with Gasteiger partial charge in [-0.1, -0.05) is 17.7 Å². The van der Waals surface area contributed by atoms with E-state index in [0.717, 1.165) is 30.9 Å². The molecule has 3 unspecified atom stereocenters. The number of benzene rings is 1. The quantitative estimate of drug-likeness (QED) is 0.757. The first kappa shape index (κ1) is 21.4. The molecule has 1 aliphatic rings. The van der Waals surface area contributed by atoms with Crippen molar-refractivity contribution in [2.75, 3.05) is 18.4 Å². The zero-order valence-electron chi connectivity index (χ0n) is 17.3. The van der Waals surface area contributed by atoms with Crippen molar-refractivity contribution in [2.24, 2.45) is 0 Å². The molecular formula is C21H28N4O3S. The van der Waals surface area contributed by atoms with Crippen LogP contribution in [0.25, 0.3) is 0 Å². The molecule has 3 atom stereocenters. The molecule has 2 heterocycles. The van der Waals surface area contributed by atoms with E-state index in [0.29, 0.717) is 10.7 Å². The van der Waals surface area contributed by atoms with Crippen molar-refractivity contribution in [2.45, 2.75) is 52.5 Å². The molecule has 156 valence electrons. The van der Waals surface area contributed by atoms with E-state index < -0.39 is 6.04 Å². The zero-order chi connectivity index (χ0) is 21.0. The van der Waals surface area contributed by atoms with Crippen molar-refractivity contribution >= 4 is 28.3 Å². The Morgan fingerprint density at radius 2 is 2.03 bits per heavy atom. The molecule has 2 amide bonds. The lowest BCUT2D eigenvalue weighted by molar-refractivity contribution is -0.117. The van der Waals surface area contributed by atoms with Crippen LogP contribution in [0.5, 0.6) is 0 Å². The van der Waals surface area contributed by atoms with Crippen molar-refractivity contribution in [3.63, 3.8) is 0 Å². The average molecular weight is 417 g/mol. The van der Waals surface area contributed by atoms with Crippen LogP contribution in [-0.4, -0.2) is 53.0 Å². The number of hydrogen-bond acceptors (Lipinski definition) is 6. The van der Waals surface area contributed by atoms with Gasteiger partial charge in [0.15, 0.2) is 5.13 Å². The normalized spacial score (nSPS) is 20.8. The molecule has 29 heavy (non-hydrogen) atoms. The van der Waals surface area contributed by atoms with Gasteiger partial charge in [-0.2, -0.15) is 0 Å². The van der Waals surface area contributed by atoms with Crippen LogP contribution in [0, 0.1) is 6.92 Å². The molecule has 7 nitrogen and oxygen atoms in total. The first-order valence-corrected chi connectivity index (χ1v) is 10.7. The van der Waals surface area contributed by atoms with E-state index in [2.05, 4.69) is 34.4 Å². The first-order chi connectivity index (χ1) is 13.8. The van der Waals surface area contributed by atoms with Crippen molar-refractivity contribution < 1.29 is 14.3 Å². The first-order valence-electron chi connectivity index (χ1n) is 9.80. The second-order valence-corrected chi connectivity index (χ2v) is 8.51. The molecule has 8 heteroatoms. The molecule has 0 bridgehead atoms. The standard InChI is InChI=1S/C21H28N4O3S/c1-13-6-5-7-17(8-13)20(27)22-16(4)19(26)24-21-23-18(12-29-21)11-25-9-14(2)28-15(3)10-25/h5-8,12,14-16H,9-11H2,1-4H3,(H,22,27)(H,23,24,26). The van der Waals surface area contributed by atoms with Crippen molar-refractivity contribution in [1.29, 1.82) is 0 Å². The highest BCUT2D eigenvalue weighted by Gasteiger charge is 2.23. The van der Waals surface area contributed by atoms with Gasteiger partial charge in [0.2, 0.25) is 5.91 Å². The average Bonchev–Trinajstić information content (AvgIpc) is 3.07. The molecule has 1 fully saturated rings. The third-order valence-corrected chi connectivity index (χ3v) is 5.49. The fraction of sp³-hybridized carbons (Fsp3) is 0.476. The summed E-state index contributed by atoms with van der Waals surface area (Å²) in [5.41, 5.74) is 2.45. The lowest BCUT2D eigenvalue weighted by atomic mass is 10.1. The maximum Gasteiger partial charge on any atom is 0.251 e. The number of carbonyl (C=O) groups excluding carboxylic acids is 2. The molecule has 0 radical (unpaired) electrons. The number of thiazole rings is 1. The van der Waals surface area contributed by atoms with E-state index in [4.69, 9.17) is 4.74 Å². The molecule has 0 saturated carbocycles. The number of ether oxygens (including phenoxy) is 1. The summed E-state index contributed by atoms with van der Waals surface area (Å²) in [6.45, 7) is 10.2. The highest BCUT2D eigenvalue weighted by molar-refractivity contribution is 7.13.